The van der Waals surface area contributed by atoms with Crippen LogP contribution in [0, 0.1) is 6.92 Å². The van der Waals surface area contributed by atoms with Gasteiger partial charge in [-0.2, -0.15) is 0 Å². The molecule has 3 N–H and O–H groups in total. The Kier molecular flexibility index (Phi) is 5.25. The molecule has 2 aromatic heterocycles. The number of hydrogen-bond donors (Lipinski definition) is 2. The molecule has 0 saturated heterocycles. The molecule has 8 heteroatoms. The van der Waals surface area contributed by atoms with E-state index in [1.54, 1.807) is 6.92 Å². The fraction of sp³-hybridized carbons (Fsp3) is 0.292. The molecule has 1 amide bonds. The molecule has 5 rings (SSSR count). The van der Waals surface area contributed by atoms with Crippen molar-refractivity contribution in [3.8, 4) is 0 Å². The molecule has 2 heterocycles. The van der Waals surface area contributed by atoms with E-state index >= 15 is 0 Å². The number of carbonyl (C=O) groups is 1. The number of imidazole rings is 1. The number of halogens is 1. The van der Waals surface area contributed by atoms with Crippen molar-refractivity contribution in [2.75, 3.05) is 5.32 Å². The molecular weight excluding hydrogens is 472 g/mol. The van der Waals surface area contributed by atoms with Crippen molar-refractivity contribution in [3.05, 3.63) is 62.4 Å². The molecule has 2 aromatic carbocycles. The van der Waals surface area contributed by atoms with Gasteiger partial charge in [0.2, 0.25) is 5.95 Å². The maximum Gasteiger partial charge on any atom is 0.349 e. The van der Waals surface area contributed by atoms with Crippen molar-refractivity contribution in [2.45, 2.75) is 45.1 Å². The van der Waals surface area contributed by atoms with Crippen LogP contribution in [0.2, 0.25) is 0 Å². The van der Waals surface area contributed by atoms with Crippen LogP contribution in [0.4, 0.5) is 11.6 Å². The Labute approximate surface area is 192 Å². The largest absolute Gasteiger partial charge is 0.422 e. The third kappa shape index (κ3) is 3.58. The molecule has 32 heavy (non-hydrogen) atoms. The molecule has 0 aliphatic heterocycles. The quantitative estimate of drug-likeness (QED) is 0.361. The van der Waals surface area contributed by atoms with E-state index in [1.165, 1.54) is 19.3 Å². The number of fused-ring (bicyclic) bond motifs is 2. The van der Waals surface area contributed by atoms with E-state index in [0.717, 1.165) is 40.0 Å². The Bertz CT molecular complexity index is 1400. The lowest BCUT2D eigenvalue weighted by Gasteiger charge is -2.25. The van der Waals surface area contributed by atoms with Gasteiger partial charge >= 0.3 is 5.63 Å². The molecule has 0 spiro atoms. The number of nitrogens with two attached hydrogens (primary N) is 1. The van der Waals surface area contributed by atoms with Gasteiger partial charge in [-0.15, -0.1) is 0 Å². The summed E-state index contributed by atoms with van der Waals surface area (Å²) in [5.41, 5.74) is 8.14. The number of benzene rings is 2. The molecule has 1 aliphatic carbocycles. The number of nitrogens with one attached hydrogen (secondary N) is 1. The number of aromatic nitrogens is 2. The second kappa shape index (κ2) is 8.09. The van der Waals surface area contributed by atoms with Crippen LogP contribution in [0.3, 0.4) is 0 Å². The summed E-state index contributed by atoms with van der Waals surface area (Å²) in [4.78, 5) is 29.1. The Morgan fingerprint density at radius 3 is 2.59 bits per heavy atom. The Balaban J connectivity index is 1.73. The highest BCUT2D eigenvalue weighted by molar-refractivity contribution is 9.10. The summed E-state index contributed by atoms with van der Waals surface area (Å²) in [6.07, 6.45) is 5.73. The summed E-state index contributed by atoms with van der Waals surface area (Å²) in [6.45, 7) is 1.71. The zero-order valence-electron chi connectivity index (χ0n) is 17.7. The zero-order valence-corrected chi connectivity index (χ0v) is 19.2. The highest BCUT2D eigenvalue weighted by atomic mass is 79.9. The van der Waals surface area contributed by atoms with Crippen LogP contribution >= 0.6 is 15.9 Å². The minimum absolute atomic E-state index is 0.114. The number of anilines is 2. The van der Waals surface area contributed by atoms with Gasteiger partial charge in [-0.25, -0.2) is 9.78 Å². The number of primary amides is 1. The van der Waals surface area contributed by atoms with Gasteiger partial charge < -0.3 is 20.0 Å². The molecule has 4 aromatic rings. The Hall–Kier alpha value is -3.13. The highest BCUT2D eigenvalue weighted by Gasteiger charge is 2.24. The lowest BCUT2D eigenvalue weighted by molar-refractivity contribution is 0.0996. The number of carbonyl (C=O) groups excluding carboxylic acids is 1. The van der Waals surface area contributed by atoms with Crippen LogP contribution in [0.15, 0.2) is 50.1 Å². The van der Waals surface area contributed by atoms with Gasteiger partial charge in [-0.05, 0) is 55.7 Å². The van der Waals surface area contributed by atoms with Gasteiger partial charge in [0.25, 0.3) is 5.91 Å². The van der Waals surface area contributed by atoms with E-state index < -0.39 is 11.5 Å². The van der Waals surface area contributed by atoms with Crippen molar-refractivity contribution in [2.24, 2.45) is 5.73 Å². The van der Waals surface area contributed by atoms with Crippen LogP contribution in [0.5, 0.6) is 0 Å². The summed E-state index contributed by atoms with van der Waals surface area (Å²) < 4.78 is 8.74. The van der Waals surface area contributed by atoms with Crippen LogP contribution in [0.25, 0.3) is 22.0 Å². The van der Waals surface area contributed by atoms with Crippen LogP contribution in [0.1, 0.15) is 54.1 Å². The first-order valence-electron chi connectivity index (χ1n) is 10.7. The van der Waals surface area contributed by atoms with E-state index in [1.807, 2.05) is 36.4 Å². The van der Waals surface area contributed by atoms with E-state index in [9.17, 15) is 9.59 Å². The Morgan fingerprint density at radius 2 is 1.91 bits per heavy atom. The molecule has 164 valence electrons. The monoisotopic (exact) mass is 494 g/mol. The molecule has 1 saturated carbocycles. The van der Waals surface area contributed by atoms with Crippen LogP contribution in [-0.4, -0.2) is 15.5 Å². The van der Waals surface area contributed by atoms with Crippen molar-refractivity contribution in [1.29, 1.82) is 0 Å². The first kappa shape index (κ1) is 20.8. The fourth-order valence-electron chi connectivity index (χ4n) is 4.68. The van der Waals surface area contributed by atoms with Crippen molar-refractivity contribution >= 4 is 55.5 Å². The predicted molar refractivity (Wildman–Crippen MR) is 129 cm³/mol. The molecular formula is C24H23BrN4O3. The van der Waals surface area contributed by atoms with Gasteiger partial charge in [-0.1, -0.05) is 35.2 Å². The van der Waals surface area contributed by atoms with Crippen LogP contribution < -0.4 is 16.7 Å². The Morgan fingerprint density at radius 1 is 1.19 bits per heavy atom. The molecule has 0 radical (unpaired) electrons. The van der Waals surface area contributed by atoms with Gasteiger partial charge in [0.1, 0.15) is 11.1 Å². The lowest BCUT2D eigenvalue weighted by atomic mass is 9.95. The van der Waals surface area contributed by atoms with Gasteiger partial charge in [0, 0.05) is 27.7 Å². The zero-order chi connectivity index (χ0) is 22.4. The summed E-state index contributed by atoms with van der Waals surface area (Å²) >= 11 is 3.47. The number of nitrogens with zero attached hydrogens (tertiary/aromatic N) is 2. The number of amides is 1. The third-order valence-electron chi connectivity index (χ3n) is 6.26. The minimum atomic E-state index is -0.788. The number of aryl methyl sites for hydroxylation is 1. The average Bonchev–Trinajstić information content (AvgIpc) is 3.11. The van der Waals surface area contributed by atoms with Crippen molar-refractivity contribution in [3.63, 3.8) is 0 Å². The lowest BCUT2D eigenvalue weighted by Crippen LogP contribution is -2.22. The maximum atomic E-state index is 12.4. The topological polar surface area (TPSA) is 103 Å². The van der Waals surface area contributed by atoms with Crippen LogP contribution in [-0.2, 0) is 0 Å². The molecule has 0 unspecified atom stereocenters. The number of hydrogen-bond acceptors (Lipinski definition) is 5. The first-order valence-corrected chi connectivity index (χ1v) is 11.5. The predicted octanol–water partition coefficient (Wildman–Crippen LogP) is 5.56. The van der Waals surface area contributed by atoms with E-state index in [-0.39, 0.29) is 5.56 Å². The molecule has 0 atom stereocenters. The first-order chi connectivity index (χ1) is 15.4. The molecule has 0 bridgehead atoms. The molecule has 1 fully saturated rings. The van der Waals surface area contributed by atoms with Gasteiger partial charge in [0.15, 0.2) is 0 Å². The van der Waals surface area contributed by atoms with Crippen molar-refractivity contribution in [1.82, 2.24) is 9.55 Å². The van der Waals surface area contributed by atoms with Gasteiger partial charge in [0.05, 0.1) is 11.0 Å². The highest BCUT2D eigenvalue weighted by Crippen LogP contribution is 2.37. The maximum absolute atomic E-state index is 12.4. The van der Waals surface area contributed by atoms with E-state index in [0.29, 0.717) is 22.6 Å². The average molecular weight is 495 g/mol. The molecule has 7 nitrogen and oxygen atoms in total. The summed E-state index contributed by atoms with van der Waals surface area (Å²) in [7, 11) is 0. The van der Waals surface area contributed by atoms with Crippen molar-refractivity contribution < 1.29 is 9.21 Å². The normalized spacial score (nSPS) is 14.8. The summed E-state index contributed by atoms with van der Waals surface area (Å²) in [5, 5.41) is 4.12. The number of rotatable bonds is 4. The summed E-state index contributed by atoms with van der Waals surface area (Å²) in [6, 6.07) is 12.0. The second-order valence-corrected chi connectivity index (χ2v) is 9.24. The smallest absolute Gasteiger partial charge is 0.349 e. The van der Waals surface area contributed by atoms with E-state index in [4.69, 9.17) is 15.1 Å². The summed E-state index contributed by atoms with van der Waals surface area (Å²) in [5.74, 6) is -0.0387. The SMILES string of the molecule is Cc1c(C(N)=O)c(=O)oc2cc3c(cc12)nc(Nc1ccc(Br)cc1)n3C1CCCCC1. The molecule has 1 aliphatic rings. The fourth-order valence-corrected chi connectivity index (χ4v) is 4.95. The van der Waals surface area contributed by atoms with Gasteiger partial charge in [-0.3, -0.25) is 4.79 Å². The minimum Gasteiger partial charge on any atom is -0.422 e. The second-order valence-electron chi connectivity index (χ2n) is 8.32. The third-order valence-corrected chi connectivity index (χ3v) is 6.79. The van der Waals surface area contributed by atoms with E-state index in [2.05, 4.69) is 25.8 Å². The standard InChI is InChI=1S/C24H23BrN4O3/c1-13-17-11-18-19(12-20(17)32-23(31)21(13)22(26)30)29(16-5-3-2-4-6-16)24(28-18)27-15-9-7-14(25)8-10-15/h7-12,16H,2-6H2,1H3,(H2,26,30)(H,27,28).